The van der Waals surface area contributed by atoms with Crippen molar-refractivity contribution in [3.8, 4) is 0 Å². The molecule has 1 fully saturated rings. The van der Waals surface area contributed by atoms with E-state index >= 15 is 0 Å². The minimum atomic E-state index is -2.82. The van der Waals surface area contributed by atoms with E-state index in [0.717, 1.165) is 12.3 Å². The first-order valence-corrected chi connectivity index (χ1v) is 8.77. The maximum absolute atomic E-state index is 11.1. The highest BCUT2D eigenvalue weighted by Gasteiger charge is 2.26. The Labute approximate surface area is 106 Å². The summed E-state index contributed by atoms with van der Waals surface area (Å²) in [4.78, 5) is 0. The SMILES string of the molecule is C[C@@H]1CC[C@H](N[C@H](C)CCS(C)(=O)=O)[C@@H](C)C1. The summed E-state index contributed by atoms with van der Waals surface area (Å²) < 4.78 is 22.2. The molecule has 0 unspecified atom stereocenters. The molecule has 0 spiro atoms. The van der Waals surface area contributed by atoms with Gasteiger partial charge in [0, 0.05) is 18.3 Å². The zero-order valence-electron chi connectivity index (χ0n) is 11.6. The van der Waals surface area contributed by atoms with Crippen LogP contribution in [0, 0.1) is 11.8 Å². The van der Waals surface area contributed by atoms with Gasteiger partial charge in [-0.05, 0) is 44.4 Å². The molecular formula is C13H27NO2S. The monoisotopic (exact) mass is 261 g/mol. The van der Waals surface area contributed by atoms with Crippen LogP contribution < -0.4 is 5.32 Å². The van der Waals surface area contributed by atoms with Crippen LogP contribution in [-0.2, 0) is 9.84 Å². The first-order chi connectivity index (χ1) is 7.78. The number of rotatable bonds is 5. The van der Waals surface area contributed by atoms with E-state index in [1.165, 1.54) is 25.5 Å². The average molecular weight is 261 g/mol. The summed E-state index contributed by atoms with van der Waals surface area (Å²) in [5.41, 5.74) is 0. The highest BCUT2D eigenvalue weighted by molar-refractivity contribution is 7.90. The molecule has 0 aromatic heterocycles. The smallest absolute Gasteiger partial charge is 0.147 e. The Hall–Kier alpha value is -0.0900. The van der Waals surface area contributed by atoms with Gasteiger partial charge in [-0.3, -0.25) is 0 Å². The lowest BCUT2D eigenvalue weighted by Gasteiger charge is -2.35. The molecule has 0 aromatic carbocycles. The summed E-state index contributed by atoms with van der Waals surface area (Å²) in [5.74, 6) is 1.84. The van der Waals surface area contributed by atoms with Gasteiger partial charge >= 0.3 is 0 Å². The van der Waals surface area contributed by atoms with Gasteiger partial charge < -0.3 is 5.32 Å². The molecule has 1 aliphatic rings. The topological polar surface area (TPSA) is 46.2 Å². The molecule has 4 atom stereocenters. The molecule has 102 valence electrons. The molecule has 1 saturated carbocycles. The minimum absolute atomic E-state index is 0.290. The van der Waals surface area contributed by atoms with Crippen molar-refractivity contribution in [1.82, 2.24) is 5.32 Å². The van der Waals surface area contributed by atoms with Crippen molar-refractivity contribution in [3.05, 3.63) is 0 Å². The van der Waals surface area contributed by atoms with Gasteiger partial charge in [0.15, 0.2) is 0 Å². The Morgan fingerprint density at radius 2 is 1.94 bits per heavy atom. The molecule has 17 heavy (non-hydrogen) atoms. The van der Waals surface area contributed by atoms with E-state index in [1.807, 2.05) is 0 Å². The summed E-state index contributed by atoms with van der Waals surface area (Å²) >= 11 is 0. The van der Waals surface area contributed by atoms with E-state index in [4.69, 9.17) is 0 Å². The summed E-state index contributed by atoms with van der Waals surface area (Å²) in [6.07, 6.45) is 5.84. The molecule has 0 amide bonds. The molecule has 0 radical (unpaired) electrons. The van der Waals surface area contributed by atoms with Crippen molar-refractivity contribution in [3.63, 3.8) is 0 Å². The van der Waals surface area contributed by atoms with E-state index in [9.17, 15) is 8.42 Å². The van der Waals surface area contributed by atoms with Crippen molar-refractivity contribution in [2.75, 3.05) is 12.0 Å². The fourth-order valence-corrected chi connectivity index (χ4v) is 3.53. The zero-order valence-corrected chi connectivity index (χ0v) is 12.4. The van der Waals surface area contributed by atoms with Crippen LogP contribution in [0.15, 0.2) is 0 Å². The third-order valence-corrected chi connectivity index (χ3v) is 4.83. The molecule has 0 heterocycles. The van der Waals surface area contributed by atoms with Crippen LogP contribution in [0.1, 0.15) is 46.5 Å². The second-order valence-corrected chi connectivity index (χ2v) is 8.25. The van der Waals surface area contributed by atoms with Crippen molar-refractivity contribution >= 4 is 9.84 Å². The number of sulfone groups is 1. The second-order valence-electron chi connectivity index (χ2n) is 5.99. The van der Waals surface area contributed by atoms with Crippen LogP contribution in [0.25, 0.3) is 0 Å². The van der Waals surface area contributed by atoms with Crippen molar-refractivity contribution < 1.29 is 8.42 Å². The fraction of sp³-hybridized carbons (Fsp3) is 1.00. The van der Waals surface area contributed by atoms with E-state index in [2.05, 4.69) is 26.1 Å². The Kier molecular flexibility index (Phi) is 5.45. The van der Waals surface area contributed by atoms with E-state index < -0.39 is 9.84 Å². The fourth-order valence-electron chi connectivity index (χ4n) is 2.75. The Bertz CT molecular complexity index is 326. The Morgan fingerprint density at radius 3 is 2.47 bits per heavy atom. The third kappa shape index (κ3) is 5.87. The van der Waals surface area contributed by atoms with Crippen molar-refractivity contribution in [2.24, 2.45) is 11.8 Å². The molecule has 0 aliphatic heterocycles. The van der Waals surface area contributed by atoms with Crippen molar-refractivity contribution in [1.29, 1.82) is 0 Å². The van der Waals surface area contributed by atoms with Crippen LogP contribution in [0.5, 0.6) is 0 Å². The number of nitrogens with one attached hydrogen (secondary N) is 1. The Morgan fingerprint density at radius 1 is 1.29 bits per heavy atom. The van der Waals surface area contributed by atoms with Crippen LogP contribution in [0.4, 0.5) is 0 Å². The molecule has 0 bridgehead atoms. The normalized spacial score (nSPS) is 32.4. The molecule has 1 rings (SSSR count). The summed E-state index contributed by atoms with van der Waals surface area (Å²) in [7, 11) is -2.82. The molecule has 1 N–H and O–H groups in total. The van der Waals surface area contributed by atoms with E-state index in [1.54, 1.807) is 0 Å². The van der Waals surface area contributed by atoms with Crippen LogP contribution in [-0.4, -0.2) is 32.5 Å². The molecular weight excluding hydrogens is 234 g/mol. The summed E-state index contributed by atoms with van der Waals surface area (Å²) in [5, 5.41) is 3.60. The molecule has 3 nitrogen and oxygen atoms in total. The van der Waals surface area contributed by atoms with Crippen LogP contribution >= 0.6 is 0 Å². The van der Waals surface area contributed by atoms with Crippen LogP contribution in [0.2, 0.25) is 0 Å². The molecule has 4 heteroatoms. The lowest BCUT2D eigenvalue weighted by Crippen LogP contribution is -2.44. The summed E-state index contributed by atoms with van der Waals surface area (Å²) in [6.45, 7) is 6.71. The van der Waals surface area contributed by atoms with Gasteiger partial charge in [-0.15, -0.1) is 0 Å². The van der Waals surface area contributed by atoms with Crippen LogP contribution in [0.3, 0.4) is 0 Å². The predicted octanol–water partition coefficient (Wildman–Crippen LogP) is 2.22. The van der Waals surface area contributed by atoms with Gasteiger partial charge in [-0.1, -0.05) is 13.8 Å². The summed E-state index contributed by atoms with van der Waals surface area (Å²) in [6, 6.07) is 0.867. The minimum Gasteiger partial charge on any atom is -0.311 e. The largest absolute Gasteiger partial charge is 0.311 e. The van der Waals surface area contributed by atoms with Gasteiger partial charge in [0.1, 0.15) is 9.84 Å². The van der Waals surface area contributed by atoms with Gasteiger partial charge in [-0.2, -0.15) is 0 Å². The lowest BCUT2D eigenvalue weighted by atomic mass is 9.79. The van der Waals surface area contributed by atoms with Gasteiger partial charge in [0.25, 0.3) is 0 Å². The molecule has 0 saturated heterocycles. The maximum atomic E-state index is 11.1. The quantitative estimate of drug-likeness (QED) is 0.825. The Balaban J connectivity index is 2.33. The highest BCUT2D eigenvalue weighted by atomic mass is 32.2. The zero-order chi connectivity index (χ0) is 13.1. The predicted molar refractivity (Wildman–Crippen MR) is 72.9 cm³/mol. The van der Waals surface area contributed by atoms with E-state index in [-0.39, 0.29) is 0 Å². The van der Waals surface area contributed by atoms with Gasteiger partial charge in [0.2, 0.25) is 0 Å². The van der Waals surface area contributed by atoms with Gasteiger partial charge in [-0.25, -0.2) is 8.42 Å². The third-order valence-electron chi connectivity index (χ3n) is 3.85. The standard InChI is InChI=1S/C13H27NO2S/c1-10-5-6-13(11(2)9-10)14-12(3)7-8-17(4,15)16/h10-14H,5-9H2,1-4H3/t10-,11+,12-,13+/m1/s1. The maximum Gasteiger partial charge on any atom is 0.147 e. The van der Waals surface area contributed by atoms with Crippen molar-refractivity contribution in [2.45, 2.75) is 58.5 Å². The second kappa shape index (κ2) is 6.19. The van der Waals surface area contributed by atoms with E-state index in [0.29, 0.717) is 23.8 Å². The highest BCUT2D eigenvalue weighted by Crippen LogP contribution is 2.28. The lowest BCUT2D eigenvalue weighted by molar-refractivity contribution is 0.215. The molecule has 0 aromatic rings. The first-order valence-electron chi connectivity index (χ1n) is 6.71. The average Bonchev–Trinajstić information content (AvgIpc) is 2.18. The van der Waals surface area contributed by atoms with Gasteiger partial charge in [0.05, 0.1) is 5.75 Å². The number of hydrogen-bond donors (Lipinski definition) is 1. The molecule has 1 aliphatic carbocycles. The number of hydrogen-bond acceptors (Lipinski definition) is 3. The first kappa shape index (κ1) is 15.0.